The highest BCUT2D eigenvalue weighted by Gasteiger charge is 2.27. The van der Waals surface area contributed by atoms with Crippen LogP contribution in [0.15, 0.2) is 4.99 Å². The lowest BCUT2D eigenvalue weighted by Gasteiger charge is -2.20. The van der Waals surface area contributed by atoms with Crippen LogP contribution in [0.5, 0.6) is 0 Å². The Labute approximate surface area is 101 Å². The highest BCUT2D eigenvalue weighted by Crippen LogP contribution is 2.22. The van der Waals surface area contributed by atoms with E-state index < -0.39 is 0 Å². The molecular formula is C11H20N2O2S. The van der Waals surface area contributed by atoms with Crippen LogP contribution in [0.25, 0.3) is 0 Å². The van der Waals surface area contributed by atoms with Gasteiger partial charge in [0.05, 0.1) is 13.7 Å². The zero-order valence-corrected chi connectivity index (χ0v) is 11.1. The van der Waals surface area contributed by atoms with Gasteiger partial charge >= 0.3 is 5.97 Å². The molecule has 0 aromatic heterocycles. The Morgan fingerprint density at radius 2 is 2.38 bits per heavy atom. The van der Waals surface area contributed by atoms with E-state index in [0.717, 1.165) is 18.1 Å². The molecule has 5 heteroatoms. The molecule has 0 aliphatic carbocycles. The summed E-state index contributed by atoms with van der Waals surface area (Å²) in [5.41, 5.74) is 0. The van der Waals surface area contributed by atoms with Crippen molar-refractivity contribution in [1.29, 1.82) is 0 Å². The first-order valence-electron chi connectivity index (χ1n) is 5.64. The lowest BCUT2D eigenvalue weighted by atomic mass is 10.1. The van der Waals surface area contributed by atoms with E-state index in [1.165, 1.54) is 7.11 Å². The van der Waals surface area contributed by atoms with Crippen molar-refractivity contribution >= 4 is 22.9 Å². The number of amidine groups is 1. The second-order valence-electron chi connectivity index (χ2n) is 4.18. The van der Waals surface area contributed by atoms with Gasteiger partial charge in [-0.15, -0.1) is 0 Å². The van der Waals surface area contributed by atoms with Crippen molar-refractivity contribution in [2.75, 3.05) is 13.7 Å². The van der Waals surface area contributed by atoms with Crippen molar-refractivity contribution in [2.45, 2.75) is 38.5 Å². The number of nitrogens with one attached hydrogen (secondary N) is 1. The van der Waals surface area contributed by atoms with E-state index in [2.05, 4.69) is 17.2 Å². The summed E-state index contributed by atoms with van der Waals surface area (Å²) in [6.07, 6.45) is 1.10. The Morgan fingerprint density at radius 3 is 2.81 bits per heavy atom. The first-order chi connectivity index (χ1) is 7.58. The number of nitrogens with zero attached hydrogens (tertiary/aromatic N) is 1. The molecule has 0 spiro atoms. The lowest BCUT2D eigenvalue weighted by molar-refractivity contribution is -0.143. The Hall–Kier alpha value is -0.710. The van der Waals surface area contributed by atoms with Gasteiger partial charge in [0.25, 0.3) is 0 Å². The molecule has 0 bridgehead atoms. The van der Waals surface area contributed by atoms with Crippen LogP contribution in [-0.2, 0) is 9.53 Å². The largest absolute Gasteiger partial charge is 0.467 e. The maximum atomic E-state index is 11.5. The fourth-order valence-electron chi connectivity index (χ4n) is 1.47. The van der Waals surface area contributed by atoms with Crippen molar-refractivity contribution in [3.05, 3.63) is 0 Å². The Balaban J connectivity index is 2.53. The summed E-state index contributed by atoms with van der Waals surface area (Å²) in [5.74, 6) is -0.0327. The van der Waals surface area contributed by atoms with E-state index >= 15 is 0 Å². The predicted octanol–water partition coefficient (Wildman–Crippen LogP) is 1.66. The molecule has 16 heavy (non-hydrogen) atoms. The highest BCUT2D eigenvalue weighted by molar-refractivity contribution is 8.14. The third kappa shape index (κ3) is 3.40. The molecular weight excluding hydrogens is 224 g/mol. The number of hydrogen-bond donors (Lipinski definition) is 1. The minimum absolute atomic E-state index is 0.191. The second kappa shape index (κ2) is 6.13. The first kappa shape index (κ1) is 13.4. The first-order valence-corrected chi connectivity index (χ1v) is 6.51. The van der Waals surface area contributed by atoms with Gasteiger partial charge in [0.1, 0.15) is 6.04 Å². The maximum Gasteiger partial charge on any atom is 0.328 e. The SMILES string of the molecule is CCC1CN=C(NC(C(=O)OC)C(C)C)S1. The minimum Gasteiger partial charge on any atom is -0.467 e. The van der Waals surface area contributed by atoms with Gasteiger partial charge < -0.3 is 10.1 Å². The van der Waals surface area contributed by atoms with Crippen molar-refractivity contribution in [2.24, 2.45) is 10.9 Å². The van der Waals surface area contributed by atoms with Crippen LogP contribution >= 0.6 is 11.8 Å². The smallest absolute Gasteiger partial charge is 0.328 e. The van der Waals surface area contributed by atoms with Crippen molar-refractivity contribution in [3.8, 4) is 0 Å². The molecule has 0 amide bonds. The molecule has 0 saturated heterocycles. The number of thioether (sulfide) groups is 1. The number of esters is 1. The Kier molecular flexibility index (Phi) is 5.12. The zero-order chi connectivity index (χ0) is 12.1. The number of aliphatic imine (C=N–C) groups is 1. The van der Waals surface area contributed by atoms with Gasteiger partial charge in [0, 0.05) is 5.25 Å². The van der Waals surface area contributed by atoms with E-state index in [0.29, 0.717) is 5.25 Å². The van der Waals surface area contributed by atoms with Gasteiger partial charge in [-0.3, -0.25) is 4.99 Å². The summed E-state index contributed by atoms with van der Waals surface area (Å²) < 4.78 is 4.77. The molecule has 1 aliphatic rings. The Bertz CT molecular complexity index is 279. The topological polar surface area (TPSA) is 50.7 Å². The third-order valence-corrected chi connectivity index (χ3v) is 3.86. The monoisotopic (exact) mass is 244 g/mol. The number of rotatable bonds is 4. The Morgan fingerprint density at radius 1 is 1.69 bits per heavy atom. The average Bonchev–Trinajstić information content (AvgIpc) is 2.72. The standard InChI is InChI=1S/C11H20N2O2S/c1-5-8-6-12-11(16-8)13-9(7(2)3)10(14)15-4/h7-9H,5-6H2,1-4H3,(H,12,13). The molecule has 0 aromatic carbocycles. The molecule has 2 atom stereocenters. The minimum atomic E-state index is -0.299. The second-order valence-corrected chi connectivity index (χ2v) is 5.47. The molecule has 0 saturated carbocycles. The van der Waals surface area contributed by atoms with Gasteiger partial charge in [-0.1, -0.05) is 32.5 Å². The van der Waals surface area contributed by atoms with Crippen molar-refractivity contribution in [3.63, 3.8) is 0 Å². The molecule has 1 aliphatic heterocycles. The molecule has 0 fully saturated rings. The lowest BCUT2D eigenvalue weighted by Crippen LogP contribution is -2.43. The summed E-state index contributed by atoms with van der Waals surface area (Å²) in [6, 6.07) is -0.299. The number of hydrogen-bond acceptors (Lipinski definition) is 5. The molecule has 2 unspecified atom stereocenters. The average molecular weight is 244 g/mol. The zero-order valence-electron chi connectivity index (χ0n) is 10.3. The van der Waals surface area contributed by atoms with Gasteiger partial charge in [-0.2, -0.15) is 0 Å². The molecule has 1 heterocycles. The number of carbonyl (C=O) groups excluding carboxylic acids is 1. The molecule has 0 aromatic rings. The van der Waals surface area contributed by atoms with E-state index in [-0.39, 0.29) is 17.9 Å². The van der Waals surface area contributed by atoms with E-state index in [1.807, 2.05) is 13.8 Å². The van der Waals surface area contributed by atoms with Gasteiger partial charge in [-0.05, 0) is 12.3 Å². The quantitative estimate of drug-likeness (QED) is 0.764. The van der Waals surface area contributed by atoms with Crippen LogP contribution < -0.4 is 5.32 Å². The summed E-state index contributed by atoms with van der Waals surface area (Å²) in [6.45, 7) is 6.98. The van der Waals surface area contributed by atoms with Gasteiger partial charge in [0.2, 0.25) is 0 Å². The highest BCUT2D eigenvalue weighted by atomic mass is 32.2. The van der Waals surface area contributed by atoms with Crippen LogP contribution in [-0.4, -0.2) is 36.1 Å². The normalized spacial score (nSPS) is 21.8. The summed E-state index contributed by atoms with van der Waals surface area (Å²) in [7, 11) is 1.41. The van der Waals surface area contributed by atoms with Crippen LogP contribution in [0.3, 0.4) is 0 Å². The van der Waals surface area contributed by atoms with E-state index in [9.17, 15) is 4.79 Å². The van der Waals surface area contributed by atoms with Gasteiger partial charge in [-0.25, -0.2) is 4.79 Å². The van der Waals surface area contributed by atoms with Gasteiger partial charge in [0.15, 0.2) is 5.17 Å². The molecule has 4 nitrogen and oxygen atoms in total. The predicted molar refractivity (Wildman–Crippen MR) is 67.7 cm³/mol. The maximum absolute atomic E-state index is 11.5. The molecule has 1 rings (SSSR count). The van der Waals surface area contributed by atoms with Crippen LogP contribution in [0.4, 0.5) is 0 Å². The molecule has 0 radical (unpaired) electrons. The number of methoxy groups -OCH3 is 1. The molecule has 1 N–H and O–H groups in total. The summed E-state index contributed by atoms with van der Waals surface area (Å²) in [5, 5.41) is 4.59. The number of ether oxygens (including phenoxy) is 1. The fourth-order valence-corrected chi connectivity index (χ4v) is 2.44. The van der Waals surface area contributed by atoms with E-state index in [4.69, 9.17) is 4.74 Å². The summed E-state index contributed by atoms with van der Waals surface area (Å²) in [4.78, 5) is 15.9. The van der Waals surface area contributed by atoms with Crippen molar-refractivity contribution in [1.82, 2.24) is 5.32 Å². The van der Waals surface area contributed by atoms with Crippen molar-refractivity contribution < 1.29 is 9.53 Å². The number of carbonyl (C=O) groups is 1. The van der Waals surface area contributed by atoms with Crippen LogP contribution in [0.2, 0.25) is 0 Å². The van der Waals surface area contributed by atoms with Crippen LogP contribution in [0, 0.1) is 5.92 Å². The van der Waals surface area contributed by atoms with E-state index in [1.54, 1.807) is 11.8 Å². The van der Waals surface area contributed by atoms with Crippen LogP contribution in [0.1, 0.15) is 27.2 Å². The summed E-state index contributed by atoms with van der Waals surface area (Å²) >= 11 is 1.72. The molecule has 92 valence electrons. The fraction of sp³-hybridized carbons (Fsp3) is 0.818. The third-order valence-electron chi connectivity index (χ3n) is 2.57.